The number of H-pyrrole nitrogens is 1. The third-order valence-electron chi connectivity index (χ3n) is 4.55. The molecule has 26 heavy (non-hydrogen) atoms. The Kier molecular flexibility index (Phi) is 4.97. The molecule has 2 aromatic heterocycles. The first-order valence-electron chi connectivity index (χ1n) is 9.20. The second-order valence-electron chi connectivity index (χ2n) is 6.53. The Balaban J connectivity index is 1.54. The van der Waals surface area contributed by atoms with Gasteiger partial charge in [-0.15, -0.1) is 11.8 Å². The van der Waals surface area contributed by atoms with Crippen molar-refractivity contribution in [1.29, 1.82) is 0 Å². The number of fused-ring (bicyclic) bond motifs is 1. The first-order chi connectivity index (χ1) is 12.7. The molecule has 0 aromatic carbocycles. The highest BCUT2D eigenvalue weighted by Crippen LogP contribution is 2.31. The summed E-state index contributed by atoms with van der Waals surface area (Å²) in [5, 5.41) is 6.52. The summed E-state index contributed by atoms with van der Waals surface area (Å²) in [5.74, 6) is 2.22. The van der Waals surface area contributed by atoms with Crippen LogP contribution in [0.1, 0.15) is 50.5 Å². The van der Waals surface area contributed by atoms with E-state index in [-0.39, 0.29) is 5.56 Å². The molecule has 0 radical (unpaired) electrons. The zero-order valence-corrected chi connectivity index (χ0v) is 15.7. The van der Waals surface area contributed by atoms with E-state index in [0.29, 0.717) is 18.0 Å². The van der Waals surface area contributed by atoms with Gasteiger partial charge in [0.05, 0.1) is 12.2 Å². The van der Waals surface area contributed by atoms with E-state index in [2.05, 4.69) is 45.5 Å². The molecule has 2 aliphatic rings. The molecule has 1 aliphatic carbocycles. The third kappa shape index (κ3) is 3.49. The maximum Gasteiger partial charge on any atom is 0.274 e. The quantitative estimate of drug-likeness (QED) is 0.816. The van der Waals surface area contributed by atoms with Crippen molar-refractivity contribution in [3.05, 3.63) is 57.4 Å². The molecule has 2 N–H and O–H groups in total. The Bertz CT molecular complexity index is 966. The molecule has 1 aliphatic heterocycles. The van der Waals surface area contributed by atoms with Crippen LogP contribution in [0.4, 0.5) is 0 Å². The van der Waals surface area contributed by atoms with Gasteiger partial charge in [-0.1, -0.05) is 31.6 Å². The number of rotatable bonds is 6. The first kappa shape index (κ1) is 17.1. The largest absolute Gasteiger partial charge is 0.379 e. The second-order valence-corrected chi connectivity index (χ2v) is 7.66. The maximum absolute atomic E-state index is 12.4. The topological polar surface area (TPSA) is 75.1 Å². The lowest BCUT2D eigenvalue weighted by Gasteiger charge is -2.17. The predicted octanol–water partition coefficient (Wildman–Crippen LogP) is 3.39. The molecule has 0 amide bonds. The average molecular weight is 369 g/mol. The van der Waals surface area contributed by atoms with Crippen molar-refractivity contribution in [1.82, 2.24) is 24.9 Å². The summed E-state index contributed by atoms with van der Waals surface area (Å²) in [6.45, 7) is 2.72. The number of hydrogen-bond acceptors (Lipinski definition) is 5. The van der Waals surface area contributed by atoms with Crippen LogP contribution in [0.15, 0.2) is 40.4 Å². The highest BCUT2D eigenvalue weighted by atomic mass is 32.2. The summed E-state index contributed by atoms with van der Waals surface area (Å²) in [4.78, 5) is 22.6. The van der Waals surface area contributed by atoms with Gasteiger partial charge in [0.2, 0.25) is 0 Å². The molecule has 2 aromatic rings. The number of thioether (sulfide) groups is 1. The smallest absolute Gasteiger partial charge is 0.274 e. The molecule has 0 atom stereocenters. The number of aromatic nitrogens is 4. The van der Waals surface area contributed by atoms with Crippen molar-refractivity contribution in [2.75, 3.05) is 5.75 Å². The van der Waals surface area contributed by atoms with Crippen LogP contribution >= 0.6 is 11.8 Å². The van der Waals surface area contributed by atoms with E-state index in [4.69, 9.17) is 0 Å². The molecule has 6 nitrogen and oxygen atoms in total. The number of hydrogen-bond donors (Lipinski definition) is 2. The highest BCUT2D eigenvalue weighted by Gasteiger charge is 2.15. The minimum absolute atomic E-state index is 0.129. The maximum atomic E-state index is 12.4. The van der Waals surface area contributed by atoms with Crippen LogP contribution in [0.3, 0.4) is 0 Å². The van der Waals surface area contributed by atoms with E-state index in [1.165, 1.54) is 15.8 Å². The molecular weight excluding hydrogens is 346 g/mol. The average Bonchev–Trinajstić information content (AvgIpc) is 3.31. The van der Waals surface area contributed by atoms with E-state index in [1.807, 2.05) is 0 Å². The van der Waals surface area contributed by atoms with E-state index in [0.717, 1.165) is 48.6 Å². The molecule has 0 fully saturated rings. The van der Waals surface area contributed by atoms with Gasteiger partial charge in [-0.2, -0.15) is 9.50 Å². The van der Waals surface area contributed by atoms with Gasteiger partial charge in [-0.05, 0) is 31.3 Å². The summed E-state index contributed by atoms with van der Waals surface area (Å²) in [5.41, 5.74) is 3.12. The Morgan fingerprint density at radius 2 is 2.12 bits per heavy atom. The van der Waals surface area contributed by atoms with Crippen LogP contribution in [0.25, 0.3) is 10.7 Å². The molecule has 0 saturated heterocycles. The van der Waals surface area contributed by atoms with E-state index in [9.17, 15) is 4.79 Å². The van der Waals surface area contributed by atoms with Gasteiger partial charge < -0.3 is 5.32 Å². The number of nitrogens with one attached hydrogen (secondary N) is 2. The highest BCUT2D eigenvalue weighted by molar-refractivity contribution is 8.08. The SMILES string of the molecule is CCCC1=CCCC=C1NCc1cc(=O)n2[nH]c(C3=CCCS3)nc2n1. The van der Waals surface area contributed by atoms with Gasteiger partial charge in [-0.3, -0.25) is 9.89 Å². The van der Waals surface area contributed by atoms with Crippen molar-refractivity contribution in [2.45, 2.75) is 45.6 Å². The van der Waals surface area contributed by atoms with Gasteiger partial charge in [-0.25, -0.2) is 4.98 Å². The molecule has 0 unspecified atom stereocenters. The standard InChI is InChI=1S/C19H23N5OS/c1-2-6-13-7-3-4-8-15(13)20-12-14-11-17(25)24-19(21-14)22-18(23-24)16-9-5-10-26-16/h7-9,11,20H,2-6,10,12H2,1H3,(H,21,22,23). The van der Waals surface area contributed by atoms with Gasteiger partial charge in [0, 0.05) is 22.4 Å². The van der Waals surface area contributed by atoms with Crippen LogP contribution in [0, 0.1) is 0 Å². The fourth-order valence-corrected chi connectivity index (χ4v) is 4.23. The lowest BCUT2D eigenvalue weighted by molar-refractivity contribution is 0.742. The van der Waals surface area contributed by atoms with E-state index in [1.54, 1.807) is 17.8 Å². The van der Waals surface area contributed by atoms with Gasteiger partial charge in [0.1, 0.15) is 0 Å². The number of nitrogens with zero attached hydrogens (tertiary/aromatic N) is 3. The minimum atomic E-state index is -0.129. The van der Waals surface area contributed by atoms with Crippen molar-refractivity contribution in [3.8, 4) is 0 Å². The second kappa shape index (κ2) is 7.53. The molecule has 7 heteroatoms. The van der Waals surface area contributed by atoms with Crippen LogP contribution in [0.2, 0.25) is 0 Å². The van der Waals surface area contributed by atoms with Crippen LogP contribution in [-0.4, -0.2) is 25.3 Å². The zero-order chi connectivity index (χ0) is 17.9. The lowest BCUT2D eigenvalue weighted by Crippen LogP contribution is -2.21. The molecular formula is C19H23N5OS. The molecule has 136 valence electrons. The summed E-state index contributed by atoms with van der Waals surface area (Å²) < 4.78 is 1.42. The van der Waals surface area contributed by atoms with Crippen molar-refractivity contribution in [3.63, 3.8) is 0 Å². The fraction of sp³-hybridized carbons (Fsp3) is 0.421. The fourth-order valence-electron chi connectivity index (χ4n) is 3.31. The Hall–Kier alpha value is -2.28. The van der Waals surface area contributed by atoms with Crippen molar-refractivity contribution < 1.29 is 0 Å². The molecule has 0 saturated carbocycles. The van der Waals surface area contributed by atoms with Crippen molar-refractivity contribution >= 4 is 22.4 Å². The summed E-state index contributed by atoms with van der Waals surface area (Å²) >= 11 is 1.75. The molecule has 4 rings (SSSR count). The van der Waals surface area contributed by atoms with Gasteiger partial charge in [0.25, 0.3) is 11.3 Å². The van der Waals surface area contributed by atoms with Gasteiger partial charge in [0.15, 0.2) is 5.82 Å². The first-order valence-corrected chi connectivity index (χ1v) is 10.2. The Labute approximate surface area is 156 Å². The normalized spacial score (nSPS) is 17.2. The lowest BCUT2D eigenvalue weighted by atomic mass is 9.99. The summed E-state index contributed by atoms with van der Waals surface area (Å²) in [7, 11) is 0. The Morgan fingerprint density at radius 1 is 1.23 bits per heavy atom. The molecule has 3 heterocycles. The van der Waals surface area contributed by atoms with Crippen LogP contribution < -0.4 is 10.9 Å². The number of aromatic amines is 1. The van der Waals surface area contributed by atoms with Gasteiger partial charge >= 0.3 is 0 Å². The minimum Gasteiger partial charge on any atom is -0.379 e. The van der Waals surface area contributed by atoms with Crippen LogP contribution in [0.5, 0.6) is 0 Å². The van der Waals surface area contributed by atoms with E-state index < -0.39 is 0 Å². The zero-order valence-electron chi connectivity index (χ0n) is 14.9. The van der Waals surface area contributed by atoms with Crippen LogP contribution in [-0.2, 0) is 6.54 Å². The monoisotopic (exact) mass is 369 g/mol. The Morgan fingerprint density at radius 3 is 2.92 bits per heavy atom. The predicted molar refractivity (Wildman–Crippen MR) is 106 cm³/mol. The number of allylic oxidation sites excluding steroid dienone is 4. The summed E-state index contributed by atoms with van der Waals surface area (Å²) in [6, 6.07) is 1.57. The van der Waals surface area contributed by atoms with E-state index >= 15 is 0 Å². The third-order valence-corrected chi connectivity index (χ3v) is 5.66. The molecule has 0 spiro atoms. The van der Waals surface area contributed by atoms with Crippen molar-refractivity contribution in [2.24, 2.45) is 0 Å². The molecule has 0 bridgehead atoms. The summed E-state index contributed by atoms with van der Waals surface area (Å²) in [6.07, 6.45) is 12.1.